The predicted octanol–water partition coefficient (Wildman–Crippen LogP) is 2.27. The number of imidazole rings is 1. The smallest absolute Gasteiger partial charge is 0.261 e. The average molecular weight is 352 g/mol. The molecule has 0 unspecified atom stereocenters. The first kappa shape index (κ1) is 15.7. The lowest BCUT2D eigenvalue weighted by molar-refractivity contribution is 0.0949. The molecular formula is C18H16N4O2S. The molecule has 0 atom stereocenters. The van der Waals surface area contributed by atoms with Gasteiger partial charge in [0.05, 0.1) is 12.2 Å². The quantitative estimate of drug-likeness (QED) is 0.755. The highest BCUT2D eigenvalue weighted by Crippen LogP contribution is 2.24. The Labute approximate surface area is 148 Å². The summed E-state index contributed by atoms with van der Waals surface area (Å²) in [4.78, 5) is 31.8. The molecule has 0 radical (unpaired) electrons. The van der Waals surface area contributed by atoms with E-state index in [1.54, 1.807) is 23.9 Å². The Morgan fingerprint density at radius 2 is 2.08 bits per heavy atom. The third-order valence-corrected chi connectivity index (χ3v) is 4.99. The second-order valence-electron chi connectivity index (χ2n) is 5.72. The number of carbonyl (C=O) groups is 1. The van der Waals surface area contributed by atoms with Crippen molar-refractivity contribution in [3.63, 3.8) is 0 Å². The number of aryl methyl sites for hydroxylation is 1. The van der Waals surface area contributed by atoms with Crippen molar-refractivity contribution >= 4 is 17.7 Å². The van der Waals surface area contributed by atoms with Crippen LogP contribution in [0.15, 0.2) is 58.6 Å². The third kappa shape index (κ3) is 3.23. The maximum absolute atomic E-state index is 12.3. The van der Waals surface area contributed by atoms with Crippen LogP contribution in [0.4, 0.5) is 0 Å². The van der Waals surface area contributed by atoms with Crippen LogP contribution in [0, 0.1) is 0 Å². The van der Waals surface area contributed by atoms with Gasteiger partial charge in [0.15, 0.2) is 5.16 Å². The van der Waals surface area contributed by atoms with Gasteiger partial charge in [0.2, 0.25) is 0 Å². The highest BCUT2D eigenvalue weighted by atomic mass is 32.2. The summed E-state index contributed by atoms with van der Waals surface area (Å²) < 4.78 is 2.08. The van der Waals surface area contributed by atoms with E-state index in [4.69, 9.17) is 0 Å². The molecular weight excluding hydrogens is 336 g/mol. The van der Waals surface area contributed by atoms with Gasteiger partial charge >= 0.3 is 0 Å². The van der Waals surface area contributed by atoms with E-state index in [0.717, 1.165) is 28.7 Å². The Kier molecular flexibility index (Phi) is 4.15. The fourth-order valence-corrected chi connectivity index (χ4v) is 3.71. The van der Waals surface area contributed by atoms with Crippen LogP contribution in [-0.2, 0) is 13.1 Å². The van der Waals surface area contributed by atoms with Gasteiger partial charge in [-0.1, -0.05) is 42.1 Å². The zero-order valence-electron chi connectivity index (χ0n) is 13.4. The molecule has 0 spiro atoms. The number of thioether (sulfide) groups is 1. The lowest BCUT2D eigenvalue weighted by atomic mass is 10.1. The van der Waals surface area contributed by atoms with Crippen LogP contribution in [0.25, 0.3) is 11.3 Å². The Balaban J connectivity index is 1.47. The molecule has 2 N–H and O–H groups in total. The number of benzene rings is 1. The summed E-state index contributed by atoms with van der Waals surface area (Å²) >= 11 is 1.71. The van der Waals surface area contributed by atoms with Crippen molar-refractivity contribution in [1.82, 2.24) is 19.9 Å². The van der Waals surface area contributed by atoms with Gasteiger partial charge in [-0.25, -0.2) is 4.98 Å². The molecule has 0 saturated carbocycles. The minimum Gasteiger partial charge on any atom is -0.346 e. The molecule has 1 aromatic carbocycles. The largest absolute Gasteiger partial charge is 0.346 e. The van der Waals surface area contributed by atoms with E-state index in [1.807, 2.05) is 36.5 Å². The molecule has 0 saturated heterocycles. The van der Waals surface area contributed by atoms with Gasteiger partial charge in [-0.2, -0.15) is 0 Å². The average Bonchev–Trinajstić information content (AvgIpc) is 3.22. The van der Waals surface area contributed by atoms with Gasteiger partial charge in [-0.3, -0.25) is 9.59 Å². The summed E-state index contributed by atoms with van der Waals surface area (Å²) in [5, 5.41) is 3.74. The monoisotopic (exact) mass is 352 g/mol. The highest BCUT2D eigenvalue weighted by molar-refractivity contribution is 7.99. The molecule has 7 heteroatoms. The summed E-state index contributed by atoms with van der Waals surface area (Å²) in [6, 6.07) is 12.8. The molecule has 1 aliphatic rings. The van der Waals surface area contributed by atoms with E-state index >= 15 is 0 Å². The molecule has 0 bridgehead atoms. The number of nitrogens with zero attached hydrogens (tertiary/aromatic N) is 2. The summed E-state index contributed by atoms with van der Waals surface area (Å²) in [6.07, 6.45) is 1.94. The first-order valence-electron chi connectivity index (χ1n) is 7.96. The molecule has 3 heterocycles. The lowest BCUT2D eigenvalue weighted by Gasteiger charge is -2.05. The van der Waals surface area contributed by atoms with Gasteiger partial charge in [-0.15, -0.1) is 0 Å². The Morgan fingerprint density at radius 3 is 2.84 bits per heavy atom. The maximum Gasteiger partial charge on any atom is 0.261 e. The van der Waals surface area contributed by atoms with Crippen LogP contribution in [0.1, 0.15) is 16.1 Å². The van der Waals surface area contributed by atoms with Crippen LogP contribution < -0.4 is 10.9 Å². The number of nitrogens with one attached hydrogen (secondary N) is 2. The second kappa shape index (κ2) is 6.60. The molecule has 3 aromatic rings. The molecule has 4 rings (SSSR count). The number of hydrogen-bond acceptors (Lipinski definition) is 4. The van der Waals surface area contributed by atoms with Crippen molar-refractivity contribution < 1.29 is 4.79 Å². The zero-order chi connectivity index (χ0) is 17.2. The topological polar surface area (TPSA) is 79.8 Å². The molecule has 0 fully saturated rings. The minimum absolute atomic E-state index is 0.0980. The molecule has 1 amide bonds. The first-order valence-corrected chi connectivity index (χ1v) is 8.95. The van der Waals surface area contributed by atoms with Gasteiger partial charge < -0.3 is 14.9 Å². The molecule has 0 aliphatic carbocycles. The minimum atomic E-state index is -0.401. The third-order valence-electron chi connectivity index (χ3n) is 4.02. The van der Waals surface area contributed by atoms with Crippen LogP contribution >= 0.6 is 11.8 Å². The van der Waals surface area contributed by atoms with Crippen LogP contribution in [0.3, 0.4) is 0 Å². The number of aromatic amines is 1. The van der Waals surface area contributed by atoms with Crippen LogP contribution in [-0.4, -0.2) is 26.2 Å². The predicted molar refractivity (Wildman–Crippen MR) is 96.6 cm³/mol. The highest BCUT2D eigenvalue weighted by Gasteiger charge is 2.16. The Morgan fingerprint density at radius 1 is 1.24 bits per heavy atom. The summed E-state index contributed by atoms with van der Waals surface area (Å²) in [5.41, 5.74) is 2.08. The number of carbonyl (C=O) groups excluding carboxylic acids is 1. The van der Waals surface area contributed by atoms with E-state index in [2.05, 4.69) is 19.9 Å². The fraction of sp³-hybridized carbons (Fsp3) is 0.167. The first-order chi connectivity index (χ1) is 12.2. The lowest BCUT2D eigenvalue weighted by Crippen LogP contribution is -2.29. The number of rotatable bonds is 4. The molecule has 25 heavy (non-hydrogen) atoms. The standard InChI is InChI=1S/C18H16N4O2S/c23-16(19-10-13-11-22-8-9-25-18(22)20-13)14-6-7-15(21-17(14)24)12-4-2-1-3-5-12/h1-7,11H,8-10H2,(H,19,23)(H,21,24). The van der Waals surface area contributed by atoms with Crippen LogP contribution in [0.2, 0.25) is 0 Å². The molecule has 126 valence electrons. The fourth-order valence-electron chi connectivity index (χ4n) is 2.75. The van der Waals surface area contributed by atoms with E-state index in [-0.39, 0.29) is 5.56 Å². The number of aromatic nitrogens is 3. The number of hydrogen-bond donors (Lipinski definition) is 2. The van der Waals surface area contributed by atoms with E-state index in [1.165, 1.54) is 0 Å². The van der Waals surface area contributed by atoms with Crippen molar-refractivity contribution in [3.8, 4) is 11.3 Å². The van der Waals surface area contributed by atoms with Crippen molar-refractivity contribution in [2.24, 2.45) is 0 Å². The van der Waals surface area contributed by atoms with Gasteiger partial charge in [0.1, 0.15) is 5.56 Å². The molecule has 1 aliphatic heterocycles. The maximum atomic E-state index is 12.3. The van der Waals surface area contributed by atoms with Crippen molar-refractivity contribution in [1.29, 1.82) is 0 Å². The van der Waals surface area contributed by atoms with E-state index < -0.39 is 11.5 Å². The van der Waals surface area contributed by atoms with Crippen LogP contribution in [0.5, 0.6) is 0 Å². The van der Waals surface area contributed by atoms with Crippen molar-refractivity contribution in [3.05, 3.63) is 70.3 Å². The van der Waals surface area contributed by atoms with Gasteiger partial charge in [-0.05, 0) is 17.7 Å². The Hall–Kier alpha value is -2.80. The molecule has 2 aromatic heterocycles. The van der Waals surface area contributed by atoms with E-state index in [9.17, 15) is 9.59 Å². The normalized spacial score (nSPS) is 12.8. The molecule has 6 nitrogen and oxygen atoms in total. The summed E-state index contributed by atoms with van der Waals surface area (Å²) in [5.74, 6) is 0.639. The van der Waals surface area contributed by atoms with Gasteiger partial charge in [0.25, 0.3) is 11.5 Å². The number of pyridine rings is 1. The van der Waals surface area contributed by atoms with Crippen molar-refractivity contribution in [2.75, 3.05) is 5.75 Å². The SMILES string of the molecule is O=C(NCc1cn2c(n1)SCC2)c1ccc(-c2ccccc2)[nH]c1=O. The summed E-state index contributed by atoms with van der Waals surface area (Å²) in [6.45, 7) is 1.25. The van der Waals surface area contributed by atoms with Crippen molar-refractivity contribution in [2.45, 2.75) is 18.2 Å². The number of H-pyrrole nitrogens is 1. The van der Waals surface area contributed by atoms with Gasteiger partial charge in [0, 0.05) is 24.2 Å². The second-order valence-corrected chi connectivity index (χ2v) is 6.78. The summed E-state index contributed by atoms with van der Waals surface area (Å²) in [7, 11) is 0. The zero-order valence-corrected chi connectivity index (χ0v) is 14.2. The Bertz CT molecular complexity index is 957. The number of amides is 1. The van der Waals surface area contributed by atoms with E-state index in [0.29, 0.717) is 12.2 Å². The number of fused-ring (bicyclic) bond motifs is 1.